The van der Waals surface area contributed by atoms with Crippen molar-refractivity contribution in [1.29, 1.82) is 0 Å². The molecule has 0 bridgehead atoms. The highest BCUT2D eigenvalue weighted by Crippen LogP contribution is 2.38. The number of carbonyl (C=O) groups is 1. The summed E-state index contributed by atoms with van der Waals surface area (Å²) in [5, 5.41) is 3.74. The maximum Gasteiger partial charge on any atom is 0.253 e. The summed E-state index contributed by atoms with van der Waals surface area (Å²) in [5.41, 5.74) is 6.41. The van der Waals surface area contributed by atoms with Gasteiger partial charge in [0.25, 0.3) is 5.91 Å². The van der Waals surface area contributed by atoms with Crippen LogP contribution in [0.2, 0.25) is 10.0 Å². The second-order valence-corrected chi connectivity index (χ2v) is 5.83. The normalized spacial score (nSPS) is 32.6. The van der Waals surface area contributed by atoms with E-state index in [2.05, 4.69) is 5.32 Å². The van der Waals surface area contributed by atoms with E-state index in [0.717, 1.165) is 6.42 Å². The van der Waals surface area contributed by atoms with E-state index in [-0.39, 0.29) is 24.1 Å². The van der Waals surface area contributed by atoms with Gasteiger partial charge in [0.1, 0.15) is 0 Å². The third kappa shape index (κ3) is 2.23. The van der Waals surface area contributed by atoms with Crippen molar-refractivity contribution in [3.63, 3.8) is 0 Å². The average molecular weight is 301 g/mol. The number of ether oxygens (including phenoxy) is 1. The van der Waals surface area contributed by atoms with Crippen LogP contribution in [0.15, 0.2) is 18.2 Å². The van der Waals surface area contributed by atoms with Gasteiger partial charge in [-0.05, 0) is 24.6 Å². The van der Waals surface area contributed by atoms with Crippen molar-refractivity contribution < 1.29 is 9.53 Å². The summed E-state index contributed by atoms with van der Waals surface area (Å²) in [7, 11) is 0. The molecule has 1 aromatic rings. The van der Waals surface area contributed by atoms with Crippen LogP contribution in [-0.4, -0.2) is 30.7 Å². The van der Waals surface area contributed by atoms with Crippen molar-refractivity contribution in [2.45, 2.75) is 24.6 Å². The van der Waals surface area contributed by atoms with Crippen LogP contribution in [0.1, 0.15) is 16.8 Å². The van der Waals surface area contributed by atoms with E-state index in [1.54, 1.807) is 18.2 Å². The van der Waals surface area contributed by atoms with Gasteiger partial charge < -0.3 is 15.8 Å². The van der Waals surface area contributed by atoms with Crippen LogP contribution in [0.3, 0.4) is 0 Å². The van der Waals surface area contributed by atoms with Crippen LogP contribution < -0.4 is 11.1 Å². The predicted molar refractivity (Wildman–Crippen MR) is 73.5 cm³/mol. The first-order chi connectivity index (χ1) is 9.08. The van der Waals surface area contributed by atoms with Crippen LogP contribution in [-0.2, 0) is 4.74 Å². The van der Waals surface area contributed by atoms with E-state index >= 15 is 0 Å². The first-order valence-electron chi connectivity index (χ1n) is 6.21. The van der Waals surface area contributed by atoms with Gasteiger partial charge in [-0.2, -0.15) is 0 Å². The molecule has 1 saturated carbocycles. The van der Waals surface area contributed by atoms with Crippen molar-refractivity contribution in [2.75, 3.05) is 6.61 Å². The zero-order valence-corrected chi connectivity index (χ0v) is 11.6. The molecule has 3 rings (SSSR count). The highest BCUT2D eigenvalue weighted by Gasteiger charge is 2.52. The number of halogens is 2. The molecule has 2 aliphatic rings. The summed E-state index contributed by atoms with van der Waals surface area (Å²) in [4.78, 5) is 12.2. The first-order valence-corrected chi connectivity index (χ1v) is 6.96. The molecule has 1 aliphatic heterocycles. The number of nitrogens with one attached hydrogen (secondary N) is 1. The topological polar surface area (TPSA) is 64.3 Å². The van der Waals surface area contributed by atoms with Gasteiger partial charge in [-0.25, -0.2) is 0 Å². The maximum atomic E-state index is 12.2. The van der Waals surface area contributed by atoms with E-state index in [0.29, 0.717) is 28.1 Å². The summed E-state index contributed by atoms with van der Waals surface area (Å²) in [6, 6.07) is 4.61. The first kappa shape index (κ1) is 13.2. The van der Waals surface area contributed by atoms with E-state index < -0.39 is 0 Å². The lowest BCUT2D eigenvalue weighted by atomic mass is 9.72. The number of benzene rings is 1. The maximum absolute atomic E-state index is 12.2. The Morgan fingerprint density at radius 1 is 1.42 bits per heavy atom. The smallest absolute Gasteiger partial charge is 0.253 e. The monoisotopic (exact) mass is 300 g/mol. The van der Waals surface area contributed by atoms with Crippen LogP contribution in [0.4, 0.5) is 0 Å². The fourth-order valence-corrected chi connectivity index (χ4v) is 3.20. The lowest BCUT2D eigenvalue weighted by Gasteiger charge is -2.45. The second-order valence-electron chi connectivity index (χ2n) is 4.99. The Hall–Kier alpha value is -0.810. The Bertz CT molecular complexity index is 523. The second kappa shape index (κ2) is 4.94. The lowest BCUT2D eigenvalue weighted by molar-refractivity contribution is -0.0161. The third-order valence-electron chi connectivity index (χ3n) is 3.92. The molecular weight excluding hydrogens is 287 g/mol. The molecule has 1 aromatic carbocycles. The largest absolute Gasteiger partial charge is 0.376 e. The molecule has 0 spiro atoms. The molecule has 3 N–H and O–H groups in total. The predicted octanol–water partition coefficient (Wildman–Crippen LogP) is 1.84. The number of hydrogen-bond acceptors (Lipinski definition) is 3. The lowest BCUT2D eigenvalue weighted by Crippen LogP contribution is -2.68. The molecule has 6 heteroatoms. The fourth-order valence-electron chi connectivity index (χ4n) is 2.83. The third-order valence-corrected chi connectivity index (χ3v) is 4.48. The van der Waals surface area contributed by atoms with E-state index in [4.69, 9.17) is 33.7 Å². The molecule has 19 heavy (non-hydrogen) atoms. The molecule has 0 radical (unpaired) electrons. The molecule has 4 unspecified atom stereocenters. The van der Waals surface area contributed by atoms with Gasteiger partial charge in [0.2, 0.25) is 0 Å². The zero-order chi connectivity index (χ0) is 13.6. The Kier molecular flexibility index (Phi) is 3.43. The zero-order valence-electron chi connectivity index (χ0n) is 10.1. The minimum atomic E-state index is -0.262. The Morgan fingerprint density at radius 2 is 2.21 bits per heavy atom. The summed E-state index contributed by atoms with van der Waals surface area (Å²) in [5.74, 6) is 0.0991. The van der Waals surface area contributed by atoms with Gasteiger partial charge in [-0.3, -0.25) is 4.79 Å². The van der Waals surface area contributed by atoms with Gasteiger partial charge in [0.05, 0.1) is 22.7 Å². The number of hydrogen-bond donors (Lipinski definition) is 2. The SMILES string of the molecule is NC1C2CCOC2C1NC(=O)c1cc(Cl)ccc1Cl. The van der Waals surface area contributed by atoms with E-state index in [9.17, 15) is 4.79 Å². The van der Waals surface area contributed by atoms with E-state index in [1.165, 1.54) is 0 Å². The Morgan fingerprint density at radius 3 is 3.00 bits per heavy atom. The Labute approximate surface area is 121 Å². The standard InChI is InChI=1S/C13H14Cl2N2O2/c14-6-1-2-9(15)8(5-6)13(18)17-11-10(16)7-3-4-19-12(7)11/h1-2,5,7,10-12H,3-4,16H2,(H,17,18). The summed E-state index contributed by atoms with van der Waals surface area (Å²) in [6.07, 6.45) is 1.01. The van der Waals surface area contributed by atoms with Crippen LogP contribution >= 0.6 is 23.2 Å². The number of nitrogens with two attached hydrogens (primary N) is 1. The summed E-state index contributed by atoms with van der Waals surface area (Å²) < 4.78 is 5.57. The van der Waals surface area contributed by atoms with Crippen LogP contribution in [0, 0.1) is 5.92 Å². The van der Waals surface area contributed by atoms with Gasteiger partial charge in [0, 0.05) is 23.6 Å². The van der Waals surface area contributed by atoms with E-state index in [1.807, 2.05) is 0 Å². The van der Waals surface area contributed by atoms with Crippen molar-refractivity contribution in [3.05, 3.63) is 33.8 Å². The molecule has 1 saturated heterocycles. The fraction of sp³-hybridized carbons (Fsp3) is 0.462. The molecule has 4 nitrogen and oxygen atoms in total. The van der Waals surface area contributed by atoms with Crippen LogP contribution in [0.25, 0.3) is 0 Å². The molecule has 1 heterocycles. The number of carbonyl (C=O) groups excluding carboxylic acids is 1. The Balaban J connectivity index is 1.73. The van der Waals surface area contributed by atoms with Gasteiger partial charge in [-0.15, -0.1) is 0 Å². The highest BCUT2D eigenvalue weighted by atomic mass is 35.5. The number of amides is 1. The van der Waals surface area contributed by atoms with Crippen molar-refractivity contribution >= 4 is 29.1 Å². The number of fused-ring (bicyclic) bond motifs is 1. The molecule has 1 amide bonds. The minimum Gasteiger partial charge on any atom is -0.376 e. The van der Waals surface area contributed by atoms with Crippen molar-refractivity contribution in [1.82, 2.24) is 5.32 Å². The summed E-state index contributed by atoms with van der Waals surface area (Å²) >= 11 is 11.9. The van der Waals surface area contributed by atoms with Gasteiger partial charge >= 0.3 is 0 Å². The van der Waals surface area contributed by atoms with Crippen molar-refractivity contribution in [3.8, 4) is 0 Å². The molecule has 102 valence electrons. The van der Waals surface area contributed by atoms with Gasteiger partial charge in [-0.1, -0.05) is 23.2 Å². The van der Waals surface area contributed by atoms with Crippen LogP contribution in [0.5, 0.6) is 0 Å². The molecule has 0 aromatic heterocycles. The highest BCUT2D eigenvalue weighted by molar-refractivity contribution is 6.35. The number of rotatable bonds is 2. The molecule has 2 fully saturated rings. The average Bonchev–Trinajstić information content (AvgIpc) is 2.83. The molecule has 1 aliphatic carbocycles. The van der Waals surface area contributed by atoms with Gasteiger partial charge in [0.15, 0.2) is 0 Å². The summed E-state index contributed by atoms with van der Waals surface area (Å²) in [6.45, 7) is 0.716. The quantitative estimate of drug-likeness (QED) is 0.876. The molecular formula is C13H14Cl2N2O2. The minimum absolute atomic E-state index is 0.0388. The molecule has 4 atom stereocenters. The van der Waals surface area contributed by atoms with Crippen molar-refractivity contribution in [2.24, 2.45) is 11.7 Å².